The normalized spacial score (nSPS) is 12.4. The SMILES string of the molecule is CC[C@@H](C(=O)NC(c1ccccc1)c1ccccc1)N(c1ccccc1)S(C)(=O)=O. The van der Waals surface area contributed by atoms with Gasteiger partial charge in [-0.3, -0.25) is 9.10 Å². The summed E-state index contributed by atoms with van der Waals surface area (Å²) in [5.74, 6) is -0.343. The van der Waals surface area contributed by atoms with Crippen molar-refractivity contribution in [2.75, 3.05) is 10.6 Å². The van der Waals surface area contributed by atoms with Crippen molar-refractivity contribution < 1.29 is 13.2 Å². The highest BCUT2D eigenvalue weighted by Crippen LogP contribution is 2.25. The second kappa shape index (κ2) is 9.59. The minimum Gasteiger partial charge on any atom is -0.343 e. The number of rotatable bonds is 8. The van der Waals surface area contributed by atoms with E-state index < -0.39 is 16.1 Å². The lowest BCUT2D eigenvalue weighted by molar-refractivity contribution is -0.122. The van der Waals surface area contributed by atoms with E-state index in [9.17, 15) is 13.2 Å². The quantitative estimate of drug-likeness (QED) is 0.593. The second-order valence-corrected chi connectivity index (χ2v) is 8.94. The molecule has 0 saturated carbocycles. The molecule has 0 fully saturated rings. The molecule has 156 valence electrons. The molecule has 0 saturated heterocycles. The number of nitrogens with one attached hydrogen (secondary N) is 1. The maximum Gasteiger partial charge on any atom is 0.244 e. The fourth-order valence-electron chi connectivity index (χ4n) is 3.52. The number of para-hydroxylation sites is 1. The van der Waals surface area contributed by atoms with Crippen LogP contribution in [-0.4, -0.2) is 26.6 Å². The molecule has 0 heterocycles. The minimum atomic E-state index is -3.67. The van der Waals surface area contributed by atoms with Crippen LogP contribution >= 0.6 is 0 Å². The van der Waals surface area contributed by atoms with E-state index in [1.54, 1.807) is 24.3 Å². The summed E-state index contributed by atoms with van der Waals surface area (Å²) >= 11 is 0. The lowest BCUT2D eigenvalue weighted by Crippen LogP contribution is -2.50. The number of benzene rings is 3. The Hall–Kier alpha value is -3.12. The first-order valence-electron chi connectivity index (χ1n) is 9.86. The van der Waals surface area contributed by atoms with Crippen molar-refractivity contribution in [3.8, 4) is 0 Å². The molecule has 30 heavy (non-hydrogen) atoms. The smallest absolute Gasteiger partial charge is 0.244 e. The Balaban J connectivity index is 1.97. The molecule has 6 heteroatoms. The third-order valence-corrected chi connectivity index (χ3v) is 6.07. The maximum absolute atomic E-state index is 13.4. The van der Waals surface area contributed by atoms with Crippen molar-refractivity contribution in [3.05, 3.63) is 102 Å². The summed E-state index contributed by atoms with van der Waals surface area (Å²) in [6.07, 6.45) is 1.46. The fraction of sp³-hybridized carbons (Fsp3) is 0.208. The minimum absolute atomic E-state index is 0.337. The van der Waals surface area contributed by atoms with Crippen molar-refractivity contribution >= 4 is 21.6 Å². The molecule has 0 aromatic heterocycles. The van der Waals surface area contributed by atoms with Crippen LogP contribution in [0.2, 0.25) is 0 Å². The van der Waals surface area contributed by atoms with Crippen LogP contribution in [0.25, 0.3) is 0 Å². The van der Waals surface area contributed by atoms with Crippen molar-refractivity contribution in [2.45, 2.75) is 25.4 Å². The highest BCUT2D eigenvalue weighted by Gasteiger charge is 2.32. The van der Waals surface area contributed by atoms with Gasteiger partial charge in [-0.15, -0.1) is 0 Å². The van der Waals surface area contributed by atoms with E-state index in [4.69, 9.17) is 0 Å². The number of nitrogens with zero attached hydrogens (tertiary/aromatic N) is 1. The maximum atomic E-state index is 13.4. The van der Waals surface area contributed by atoms with E-state index in [1.165, 1.54) is 4.31 Å². The summed E-state index contributed by atoms with van der Waals surface area (Å²) in [6.45, 7) is 1.81. The number of sulfonamides is 1. The Kier molecular flexibility index (Phi) is 6.90. The molecule has 0 bridgehead atoms. The Bertz CT molecular complexity index is 1020. The molecule has 1 atom stereocenters. The first-order chi connectivity index (χ1) is 14.4. The van der Waals surface area contributed by atoms with Crippen LogP contribution in [0.5, 0.6) is 0 Å². The average molecular weight is 423 g/mol. The molecule has 0 unspecified atom stereocenters. The molecular formula is C24H26N2O3S. The number of hydrogen-bond donors (Lipinski definition) is 1. The summed E-state index contributed by atoms with van der Waals surface area (Å²) in [4.78, 5) is 13.4. The molecule has 0 radical (unpaired) electrons. The molecular weight excluding hydrogens is 396 g/mol. The lowest BCUT2D eigenvalue weighted by atomic mass is 9.98. The summed E-state index contributed by atoms with van der Waals surface area (Å²) < 4.78 is 26.4. The van der Waals surface area contributed by atoms with Gasteiger partial charge in [0.1, 0.15) is 6.04 Å². The van der Waals surface area contributed by atoms with Gasteiger partial charge in [-0.05, 0) is 29.7 Å². The van der Waals surface area contributed by atoms with Gasteiger partial charge in [-0.2, -0.15) is 0 Å². The predicted octanol–water partition coefficient (Wildman–Crippen LogP) is 4.14. The van der Waals surface area contributed by atoms with Gasteiger partial charge in [0.25, 0.3) is 0 Å². The average Bonchev–Trinajstić information content (AvgIpc) is 2.76. The van der Waals surface area contributed by atoms with Crippen LogP contribution < -0.4 is 9.62 Å². The fourth-order valence-corrected chi connectivity index (χ4v) is 4.74. The lowest BCUT2D eigenvalue weighted by Gasteiger charge is -2.31. The summed E-state index contributed by atoms with van der Waals surface area (Å²) in [5.41, 5.74) is 2.33. The van der Waals surface area contributed by atoms with Gasteiger partial charge in [0.15, 0.2) is 0 Å². The van der Waals surface area contributed by atoms with E-state index in [0.29, 0.717) is 12.1 Å². The molecule has 5 nitrogen and oxygen atoms in total. The zero-order chi connectivity index (χ0) is 21.6. The Morgan fingerprint density at radius 2 is 1.27 bits per heavy atom. The van der Waals surface area contributed by atoms with E-state index in [0.717, 1.165) is 17.4 Å². The molecule has 0 aliphatic heterocycles. The summed E-state index contributed by atoms with van der Waals surface area (Å²) in [6, 6.07) is 26.8. The molecule has 1 N–H and O–H groups in total. The van der Waals surface area contributed by atoms with E-state index >= 15 is 0 Å². The summed E-state index contributed by atoms with van der Waals surface area (Å²) in [5, 5.41) is 3.08. The Morgan fingerprint density at radius 3 is 1.67 bits per heavy atom. The first-order valence-corrected chi connectivity index (χ1v) is 11.7. The van der Waals surface area contributed by atoms with Gasteiger partial charge in [0.05, 0.1) is 18.0 Å². The van der Waals surface area contributed by atoms with Crippen LogP contribution in [0.4, 0.5) is 5.69 Å². The van der Waals surface area contributed by atoms with Crippen molar-refractivity contribution in [1.29, 1.82) is 0 Å². The molecule has 3 aromatic rings. The third kappa shape index (κ3) is 5.07. The van der Waals surface area contributed by atoms with Crippen LogP contribution in [0, 0.1) is 0 Å². The molecule has 1 amide bonds. The largest absolute Gasteiger partial charge is 0.343 e. The van der Waals surface area contributed by atoms with E-state index in [-0.39, 0.29) is 11.9 Å². The number of hydrogen-bond acceptors (Lipinski definition) is 3. The van der Waals surface area contributed by atoms with Gasteiger partial charge in [-0.25, -0.2) is 8.42 Å². The van der Waals surface area contributed by atoms with Crippen molar-refractivity contribution in [2.24, 2.45) is 0 Å². The molecule has 3 rings (SSSR count). The first kappa shape index (κ1) is 21.6. The monoisotopic (exact) mass is 422 g/mol. The molecule has 0 aliphatic rings. The van der Waals surface area contributed by atoms with Crippen molar-refractivity contribution in [1.82, 2.24) is 5.32 Å². The molecule has 0 spiro atoms. The zero-order valence-electron chi connectivity index (χ0n) is 17.1. The number of amides is 1. The predicted molar refractivity (Wildman–Crippen MR) is 121 cm³/mol. The zero-order valence-corrected chi connectivity index (χ0v) is 17.9. The Labute approximate surface area is 178 Å². The van der Waals surface area contributed by atoms with Crippen LogP contribution in [0.15, 0.2) is 91.0 Å². The van der Waals surface area contributed by atoms with Gasteiger partial charge >= 0.3 is 0 Å². The standard InChI is InChI=1S/C24H26N2O3S/c1-3-22(26(30(2,28)29)21-17-11-6-12-18-21)24(27)25-23(19-13-7-4-8-14-19)20-15-9-5-10-16-20/h4-18,22-23H,3H2,1-2H3,(H,25,27)/t22-/m0/s1. The highest BCUT2D eigenvalue weighted by molar-refractivity contribution is 7.92. The van der Waals surface area contributed by atoms with E-state index in [2.05, 4.69) is 5.32 Å². The van der Waals surface area contributed by atoms with Gasteiger partial charge in [0, 0.05) is 0 Å². The Morgan fingerprint density at radius 1 is 0.833 bits per heavy atom. The van der Waals surface area contributed by atoms with Crippen LogP contribution in [0.3, 0.4) is 0 Å². The highest BCUT2D eigenvalue weighted by atomic mass is 32.2. The van der Waals surface area contributed by atoms with Gasteiger partial charge in [-0.1, -0.05) is 85.8 Å². The van der Waals surface area contributed by atoms with E-state index in [1.807, 2.05) is 73.7 Å². The van der Waals surface area contributed by atoms with Crippen LogP contribution in [0.1, 0.15) is 30.5 Å². The number of carbonyl (C=O) groups excluding carboxylic acids is 1. The topological polar surface area (TPSA) is 66.5 Å². The molecule has 3 aromatic carbocycles. The van der Waals surface area contributed by atoms with Gasteiger partial charge < -0.3 is 5.32 Å². The number of carbonyl (C=O) groups is 1. The second-order valence-electron chi connectivity index (χ2n) is 7.08. The number of anilines is 1. The van der Waals surface area contributed by atoms with Crippen LogP contribution in [-0.2, 0) is 14.8 Å². The summed E-state index contributed by atoms with van der Waals surface area (Å²) in [7, 11) is -3.67. The van der Waals surface area contributed by atoms with Crippen molar-refractivity contribution in [3.63, 3.8) is 0 Å². The van der Waals surface area contributed by atoms with Gasteiger partial charge in [0.2, 0.25) is 15.9 Å². The third-order valence-electron chi connectivity index (χ3n) is 4.89. The molecule has 0 aliphatic carbocycles.